The maximum absolute atomic E-state index is 11.4. The highest BCUT2D eigenvalue weighted by Crippen LogP contribution is 2.06. The van der Waals surface area contributed by atoms with Crippen molar-refractivity contribution in [3.63, 3.8) is 0 Å². The summed E-state index contributed by atoms with van der Waals surface area (Å²) in [4.78, 5) is 11.4. The second-order valence-electron chi connectivity index (χ2n) is 5.41. The van der Waals surface area contributed by atoms with Crippen molar-refractivity contribution in [2.75, 3.05) is 25.9 Å². The van der Waals surface area contributed by atoms with E-state index in [1.54, 1.807) is 20.8 Å². The van der Waals surface area contributed by atoms with E-state index in [1.807, 2.05) is 0 Å². The van der Waals surface area contributed by atoms with Crippen LogP contribution in [-0.4, -0.2) is 61.5 Å². The van der Waals surface area contributed by atoms with Gasteiger partial charge in [-0.15, -0.1) is 6.58 Å². The van der Waals surface area contributed by atoms with Crippen LogP contribution in [0.1, 0.15) is 20.8 Å². The van der Waals surface area contributed by atoms with Crippen molar-refractivity contribution in [2.24, 2.45) is 0 Å². The average molecular weight is 308 g/mol. The molecule has 118 valence electrons. The van der Waals surface area contributed by atoms with Crippen molar-refractivity contribution in [3.8, 4) is 0 Å². The fourth-order valence-corrected chi connectivity index (χ4v) is 2.12. The maximum atomic E-state index is 11.4. The number of carbonyl (C=O) groups excluding carboxylic acids is 1. The van der Waals surface area contributed by atoms with Crippen LogP contribution < -0.4 is 5.32 Å². The zero-order valence-electron chi connectivity index (χ0n) is 12.4. The number of alkyl carbamates (subject to hydrolysis) is 1. The van der Waals surface area contributed by atoms with Gasteiger partial charge in [0.25, 0.3) is 0 Å². The molecule has 0 rings (SSSR count). The molecule has 0 aromatic carbocycles. The third-order valence-electron chi connectivity index (χ3n) is 2.10. The lowest BCUT2D eigenvalue weighted by atomic mass is 10.2. The third kappa shape index (κ3) is 8.89. The Morgan fingerprint density at radius 1 is 1.50 bits per heavy atom. The van der Waals surface area contributed by atoms with E-state index in [2.05, 4.69) is 11.9 Å². The smallest absolute Gasteiger partial charge is 0.407 e. The van der Waals surface area contributed by atoms with Crippen molar-refractivity contribution < 1.29 is 23.1 Å². The fraction of sp³-hybridized carbons (Fsp3) is 0.750. The molecule has 0 radical (unpaired) electrons. The van der Waals surface area contributed by atoms with Gasteiger partial charge >= 0.3 is 6.09 Å². The molecular weight excluding hydrogens is 284 g/mol. The topological polar surface area (TPSA) is 95.9 Å². The molecule has 8 heteroatoms. The molecule has 0 spiro atoms. The van der Waals surface area contributed by atoms with Gasteiger partial charge in [-0.3, -0.25) is 0 Å². The van der Waals surface area contributed by atoms with Crippen LogP contribution in [0, 0.1) is 0 Å². The quantitative estimate of drug-likeness (QED) is 0.660. The average Bonchev–Trinajstić information content (AvgIpc) is 2.22. The predicted octanol–water partition coefficient (Wildman–Crippen LogP) is 0.320. The van der Waals surface area contributed by atoms with Gasteiger partial charge in [-0.2, -0.15) is 4.31 Å². The Bertz CT molecular complexity index is 428. The molecule has 0 aromatic rings. The number of aliphatic hydroxyl groups excluding tert-OH is 1. The van der Waals surface area contributed by atoms with Crippen LogP contribution >= 0.6 is 0 Å². The summed E-state index contributed by atoms with van der Waals surface area (Å²) >= 11 is 0. The Kier molecular flexibility index (Phi) is 7.18. The molecule has 20 heavy (non-hydrogen) atoms. The van der Waals surface area contributed by atoms with Gasteiger partial charge in [0.15, 0.2) is 0 Å². The van der Waals surface area contributed by atoms with Crippen molar-refractivity contribution in [2.45, 2.75) is 32.5 Å². The second-order valence-corrected chi connectivity index (χ2v) is 7.39. The number of nitrogens with zero attached hydrogens (tertiary/aromatic N) is 1. The number of hydrogen-bond donors (Lipinski definition) is 2. The number of amides is 1. The third-order valence-corrected chi connectivity index (χ3v) is 3.33. The van der Waals surface area contributed by atoms with Crippen molar-refractivity contribution in [1.29, 1.82) is 0 Å². The Morgan fingerprint density at radius 2 is 2.05 bits per heavy atom. The summed E-state index contributed by atoms with van der Waals surface area (Å²) in [6.07, 6.45) is 0.780. The number of nitrogens with one attached hydrogen (secondary N) is 1. The lowest BCUT2D eigenvalue weighted by Crippen LogP contribution is -2.43. The molecule has 1 amide bonds. The van der Waals surface area contributed by atoms with Crippen LogP contribution in [0.15, 0.2) is 12.7 Å². The van der Waals surface area contributed by atoms with E-state index >= 15 is 0 Å². The van der Waals surface area contributed by atoms with E-state index in [1.165, 1.54) is 6.08 Å². The molecule has 0 bridgehead atoms. The Morgan fingerprint density at radius 3 is 2.45 bits per heavy atom. The Labute approximate surface area is 120 Å². The highest BCUT2D eigenvalue weighted by atomic mass is 32.2. The first kappa shape index (κ1) is 18.9. The summed E-state index contributed by atoms with van der Waals surface area (Å²) in [5, 5.41) is 12.1. The van der Waals surface area contributed by atoms with Gasteiger partial charge in [-0.1, -0.05) is 6.08 Å². The minimum absolute atomic E-state index is 0.0991. The molecule has 0 saturated heterocycles. The molecule has 0 aliphatic heterocycles. The largest absolute Gasteiger partial charge is 0.444 e. The molecule has 0 aromatic heterocycles. The number of rotatable bonds is 7. The molecule has 0 aliphatic carbocycles. The van der Waals surface area contributed by atoms with Crippen molar-refractivity contribution >= 4 is 16.1 Å². The van der Waals surface area contributed by atoms with Gasteiger partial charge in [-0.25, -0.2) is 13.2 Å². The highest BCUT2D eigenvalue weighted by Gasteiger charge is 2.21. The first-order valence-electron chi connectivity index (χ1n) is 6.16. The van der Waals surface area contributed by atoms with E-state index in [0.717, 1.165) is 10.6 Å². The number of ether oxygens (including phenoxy) is 1. The number of hydrogen-bond acceptors (Lipinski definition) is 5. The van der Waals surface area contributed by atoms with Crippen LogP contribution in [-0.2, 0) is 14.8 Å². The molecule has 0 saturated carbocycles. The lowest BCUT2D eigenvalue weighted by Gasteiger charge is -2.23. The highest BCUT2D eigenvalue weighted by molar-refractivity contribution is 7.88. The van der Waals surface area contributed by atoms with Gasteiger partial charge in [0.05, 0.1) is 12.4 Å². The molecule has 7 nitrogen and oxygen atoms in total. The number of carbonyl (C=O) groups is 1. The van der Waals surface area contributed by atoms with E-state index < -0.39 is 27.8 Å². The second kappa shape index (κ2) is 7.61. The fourth-order valence-electron chi connectivity index (χ4n) is 1.30. The molecule has 0 fully saturated rings. The van der Waals surface area contributed by atoms with Gasteiger partial charge in [0.2, 0.25) is 10.0 Å². The van der Waals surface area contributed by atoms with Crippen LogP contribution in [0.2, 0.25) is 0 Å². The monoisotopic (exact) mass is 308 g/mol. The van der Waals surface area contributed by atoms with Gasteiger partial charge in [0.1, 0.15) is 5.60 Å². The summed E-state index contributed by atoms with van der Waals surface area (Å²) in [6.45, 7) is 8.50. The van der Waals surface area contributed by atoms with Gasteiger partial charge in [0, 0.05) is 19.6 Å². The first-order chi connectivity index (χ1) is 8.95. The zero-order valence-corrected chi connectivity index (χ0v) is 13.2. The minimum atomic E-state index is -3.43. The Balaban J connectivity index is 4.31. The number of sulfonamides is 1. The summed E-state index contributed by atoms with van der Waals surface area (Å²) in [7, 11) is -3.43. The lowest BCUT2D eigenvalue weighted by molar-refractivity contribution is 0.0485. The standard InChI is InChI=1S/C12H24N2O5S/c1-6-7-14(20(5,17)18)9-10(15)8-13-11(16)19-12(2,3)4/h6,10,15H,1,7-9H2,2-5H3,(H,13,16)/t10-/m0/s1. The van der Waals surface area contributed by atoms with E-state index in [9.17, 15) is 18.3 Å². The molecule has 2 N–H and O–H groups in total. The maximum Gasteiger partial charge on any atom is 0.407 e. The zero-order chi connectivity index (χ0) is 16.0. The Hall–Kier alpha value is -1.12. The van der Waals surface area contributed by atoms with Crippen molar-refractivity contribution in [1.82, 2.24) is 9.62 Å². The molecule has 0 unspecified atom stereocenters. The first-order valence-corrected chi connectivity index (χ1v) is 8.01. The minimum Gasteiger partial charge on any atom is -0.444 e. The van der Waals surface area contributed by atoms with Gasteiger partial charge in [-0.05, 0) is 20.8 Å². The number of aliphatic hydroxyl groups is 1. The van der Waals surface area contributed by atoms with Crippen LogP contribution in [0.4, 0.5) is 4.79 Å². The predicted molar refractivity (Wildman–Crippen MR) is 76.9 cm³/mol. The van der Waals surface area contributed by atoms with Crippen LogP contribution in [0.5, 0.6) is 0 Å². The van der Waals surface area contributed by atoms with Crippen LogP contribution in [0.25, 0.3) is 0 Å². The van der Waals surface area contributed by atoms with Crippen LogP contribution in [0.3, 0.4) is 0 Å². The summed E-state index contributed by atoms with van der Waals surface area (Å²) in [5.74, 6) is 0. The molecule has 0 aliphatic rings. The SMILES string of the molecule is C=CCN(C[C@@H](O)CNC(=O)OC(C)(C)C)S(C)(=O)=O. The van der Waals surface area contributed by atoms with E-state index in [-0.39, 0.29) is 19.6 Å². The van der Waals surface area contributed by atoms with Crippen molar-refractivity contribution in [3.05, 3.63) is 12.7 Å². The summed E-state index contributed by atoms with van der Waals surface area (Å²) in [5.41, 5.74) is -0.628. The normalized spacial score (nSPS) is 13.9. The molecule has 0 heterocycles. The molecule has 1 atom stereocenters. The molecular formula is C12H24N2O5S. The summed E-state index contributed by atoms with van der Waals surface area (Å²) < 4.78 is 28.9. The van der Waals surface area contributed by atoms with E-state index in [0.29, 0.717) is 0 Å². The van der Waals surface area contributed by atoms with Gasteiger partial charge < -0.3 is 15.2 Å². The summed E-state index contributed by atoms with van der Waals surface area (Å²) in [6, 6.07) is 0. The van der Waals surface area contributed by atoms with E-state index in [4.69, 9.17) is 4.74 Å².